The molecule has 1 aromatic rings. The van der Waals surface area contributed by atoms with Crippen LogP contribution in [0.3, 0.4) is 0 Å². The van der Waals surface area contributed by atoms with Gasteiger partial charge in [-0.1, -0.05) is 40.0 Å². The van der Waals surface area contributed by atoms with Crippen LogP contribution in [0.2, 0.25) is 0 Å². The average Bonchev–Trinajstić information content (AvgIpc) is 3.29. The molecular weight excluding hydrogens is 272 g/mol. The fraction of sp³-hybridized carbons (Fsp3) is 0.650. The van der Waals surface area contributed by atoms with Gasteiger partial charge in [0.2, 0.25) is 0 Å². The Labute approximate surface area is 134 Å². The maximum Gasteiger partial charge on any atom is 0.162 e. The molecule has 2 aliphatic rings. The monoisotopic (exact) mass is 300 g/mol. The summed E-state index contributed by atoms with van der Waals surface area (Å²) in [5.74, 6) is 2.25. The van der Waals surface area contributed by atoms with E-state index in [0.717, 1.165) is 43.1 Å². The first-order valence-electron chi connectivity index (χ1n) is 8.78. The fourth-order valence-corrected chi connectivity index (χ4v) is 3.30. The van der Waals surface area contributed by atoms with Gasteiger partial charge in [0.1, 0.15) is 5.75 Å². The predicted molar refractivity (Wildman–Crippen MR) is 89.9 cm³/mol. The van der Waals surface area contributed by atoms with Crippen molar-refractivity contribution in [2.75, 3.05) is 6.61 Å². The van der Waals surface area contributed by atoms with Gasteiger partial charge in [0.05, 0.1) is 6.61 Å². The van der Waals surface area contributed by atoms with Crippen LogP contribution < -0.4 is 4.74 Å². The molecule has 3 rings (SSSR count). The van der Waals surface area contributed by atoms with Gasteiger partial charge in [-0.25, -0.2) is 0 Å². The second-order valence-electron chi connectivity index (χ2n) is 7.97. The second-order valence-corrected chi connectivity index (χ2v) is 7.97. The van der Waals surface area contributed by atoms with Crippen LogP contribution >= 0.6 is 0 Å². The standard InChI is InChI=1S/C20H28O2/c1-20(2,3)17-13-16(12-15-7-5-11-22-19(15)17)18(21)8-4-6-14-9-10-14/h12-14H,4-11H2,1-3H3. The van der Waals surface area contributed by atoms with E-state index in [1.54, 1.807) is 0 Å². The number of hydrogen-bond donors (Lipinski definition) is 0. The number of hydrogen-bond acceptors (Lipinski definition) is 2. The van der Waals surface area contributed by atoms with Crippen molar-refractivity contribution in [3.05, 3.63) is 28.8 Å². The van der Waals surface area contributed by atoms with Gasteiger partial charge in [-0.05, 0) is 48.3 Å². The summed E-state index contributed by atoms with van der Waals surface area (Å²) in [6, 6.07) is 4.17. The van der Waals surface area contributed by atoms with Crippen LogP contribution in [-0.2, 0) is 11.8 Å². The smallest absolute Gasteiger partial charge is 0.162 e. The summed E-state index contributed by atoms with van der Waals surface area (Å²) < 4.78 is 5.93. The minimum atomic E-state index is 0.00568. The molecule has 0 N–H and O–H groups in total. The summed E-state index contributed by atoms with van der Waals surface area (Å²) in [4.78, 5) is 12.6. The molecule has 0 aromatic heterocycles. The first-order chi connectivity index (χ1) is 10.4. The maximum absolute atomic E-state index is 12.6. The van der Waals surface area contributed by atoms with Crippen molar-refractivity contribution in [2.24, 2.45) is 5.92 Å². The van der Waals surface area contributed by atoms with E-state index in [1.165, 1.54) is 30.4 Å². The predicted octanol–water partition coefficient (Wildman–Crippen LogP) is 5.07. The molecule has 0 radical (unpaired) electrons. The summed E-state index contributed by atoms with van der Waals surface area (Å²) in [5.41, 5.74) is 3.32. The zero-order chi connectivity index (χ0) is 15.7. The van der Waals surface area contributed by atoms with Crippen molar-refractivity contribution in [3.63, 3.8) is 0 Å². The molecule has 1 fully saturated rings. The van der Waals surface area contributed by atoms with Gasteiger partial charge in [-0.3, -0.25) is 4.79 Å². The van der Waals surface area contributed by atoms with Crippen molar-refractivity contribution in [3.8, 4) is 5.75 Å². The molecule has 2 nitrogen and oxygen atoms in total. The Kier molecular flexibility index (Phi) is 4.29. The third kappa shape index (κ3) is 3.53. The van der Waals surface area contributed by atoms with Crippen LogP contribution in [0.4, 0.5) is 0 Å². The van der Waals surface area contributed by atoms with E-state index in [9.17, 15) is 4.79 Å². The lowest BCUT2D eigenvalue weighted by Crippen LogP contribution is -2.19. The van der Waals surface area contributed by atoms with Crippen molar-refractivity contribution < 1.29 is 9.53 Å². The highest BCUT2D eigenvalue weighted by Crippen LogP contribution is 2.38. The largest absolute Gasteiger partial charge is 0.493 e. The lowest BCUT2D eigenvalue weighted by Gasteiger charge is -2.28. The van der Waals surface area contributed by atoms with E-state index in [0.29, 0.717) is 12.2 Å². The molecule has 0 spiro atoms. The molecule has 1 aliphatic carbocycles. The molecule has 0 unspecified atom stereocenters. The van der Waals surface area contributed by atoms with Crippen molar-refractivity contribution in [1.82, 2.24) is 0 Å². The number of ketones is 1. The Morgan fingerprint density at radius 3 is 2.73 bits per heavy atom. The Hall–Kier alpha value is -1.31. The lowest BCUT2D eigenvalue weighted by molar-refractivity contribution is 0.0978. The van der Waals surface area contributed by atoms with Crippen LogP contribution in [0, 0.1) is 5.92 Å². The maximum atomic E-state index is 12.6. The summed E-state index contributed by atoms with van der Waals surface area (Å²) in [6.45, 7) is 7.39. The van der Waals surface area contributed by atoms with Crippen LogP contribution in [-0.4, -0.2) is 12.4 Å². The summed E-state index contributed by atoms with van der Waals surface area (Å²) >= 11 is 0. The number of carbonyl (C=O) groups excluding carboxylic acids is 1. The summed E-state index contributed by atoms with van der Waals surface area (Å²) in [5, 5.41) is 0. The van der Waals surface area contributed by atoms with Crippen LogP contribution in [0.25, 0.3) is 0 Å². The first-order valence-corrected chi connectivity index (χ1v) is 8.78. The van der Waals surface area contributed by atoms with Crippen molar-refractivity contribution in [1.29, 1.82) is 0 Å². The van der Waals surface area contributed by atoms with E-state index in [-0.39, 0.29) is 5.41 Å². The molecule has 0 saturated heterocycles. The molecule has 0 amide bonds. The van der Waals surface area contributed by atoms with Crippen molar-refractivity contribution in [2.45, 2.75) is 71.1 Å². The molecule has 2 heteroatoms. The Morgan fingerprint density at radius 1 is 1.27 bits per heavy atom. The number of fused-ring (bicyclic) bond motifs is 1. The van der Waals surface area contributed by atoms with E-state index < -0.39 is 0 Å². The third-order valence-corrected chi connectivity index (χ3v) is 4.85. The molecular formula is C20H28O2. The first kappa shape index (κ1) is 15.6. The zero-order valence-corrected chi connectivity index (χ0v) is 14.2. The highest BCUT2D eigenvalue weighted by atomic mass is 16.5. The summed E-state index contributed by atoms with van der Waals surface area (Å²) in [7, 11) is 0. The van der Waals surface area contributed by atoms with Crippen LogP contribution in [0.15, 0.2) is 12.1 Å². The normalized spacial score (nSPS) is 17.8. The number of rotatable bonds is 5. The number of aryl methyl sites for hydroxylation is 1. The quantitative estimate of drug-likeness (QED) is 0.709. The molecule has 0 atom stereocenters. The highest BCUT2D eigenvalue weighted by molar-refractivity contribution is 5.96. The number of carbonyl (C=O) groups is 1. The van der Waals surface area contributed by atoms with Gasteiger partial charge < -0.3 is 4.74 Å². The topological polar surface area (TPSA) is 26.3 Å². The van der Waals surface area contributed by atoms with Crippen LogP contribution in [0.5, 0.6) is 5.75 Å². The lowest BCUT2D eigenvalue weighted by atomic mass is 9.82. The van der Waals surface area contributed by atoms with E-state index in [1.807, 2.05) is 0 Å². The number of Topliss-reactive ketones (excluding diaryl/α,β-unsaturated/α-hetero) is 1. The molecule has 22 heavy (non-hydrogen) atoms. The Bertz CT molecular complexity index is 562. The summed E-state index contributed by atoms with van der Waals surface area (Å²) in [6.07, 6.45) is 7.79. The molecule has 0 bridgehead atoms. The minimum absolute atomic E-state index is 0.00568. The van der Waals surface area contributed by atoms with E-state index >= 15 is 0 Å². The molecule has 1 saturated carbocycles. The van der Waals surface area contributed by atoms with Gasteiger partial charge in [-0.2, -0.15) is 0 Å². The van der Waals surface area contributed by atoms with Gasteiger partial charge in [0.25, 0.3) is 0 Å². The van der Waals surface area contributed by atoms with Gasteiger partial charge in [0.15, 0.2) is 5.78 Å². The van der Waals surface area contributed by atoms with E-state index in [2.05, 4.69) is 32.9 Å². The number of benzene rings is 1. The van der Waals surface area contributed by atoms with Crippen LogP contribution in [0.1, 0.15) is 80.8 Å². The Balaban J connectivity index is 1.82. The highest BCUT2D eigenvalue weighted by Gasteiger charge is 2.26. The van der Waals surface area contributed by atoms with Crippen molar-refractivity contribution >= 4 is 5.78 Å². The van der Waals surface area contributed by atoms with Gasteiger partial charge >= 0.3 is 0 Å². The molecule has 1 heterocycles. The molecule has 1 aliphatic heterocycles. The molecule has 120 valence electrons. The Morgan fingerprint density at radius 2 is 2.05 bits per heavy atom. The molecule has 1 aromatic carbocycles. The van der Waals surface area contributed by atoms with E-state index in [4.69, 9.17) is 4.74 Å². The fourth-order valence-electron chi connectivity index (χ4n) is 3.30. The number of ether oxygens (including phenoxy) is 1. The van der Waals surface area contributed by atoms with Gasteiger partial charge in [0, 0.05) is 17.5 Å². The van der Waals surface area contributed by atoms with Gasteiger partial charge in [-0.15, -0.1) is 0 Å². The minimum Gasteiger partial charge on any atom is -0.493 e. The zero-order valence-electron chi connectivity index (χ0n) is 14.2. The average molecular weight is 300 g/mol. The third-order valence-electron chi connectivity index (χ3n) is 4.85. The second kappa shape index (κ2) is 6.06. The SMILES string of the molecule is CC(C)(C)c1cc(C(=O)CCCC2CC2)cc2c1OCCC2.